The van der Waals surface area contributed by atoms with Gasteiger partial charge in [-0.2, -0.15) is 0 Å². The second-order valence-electron chi connectivity index (χ2n) is 8.83. The third-order valence-electron chi connectivity index (χ3n) is 6.85. The number of ether oxygens (including phenoxy) is 1. The van der Waals surface area contributed by atoms with E-state index in [2.05, 4.69) is 18.4 Å². The third-order valence-corrected chi connectivity index (χ3v) is 6.85. The number of carbonyl (C=O) groups is 1. The molecule has 0 radical (unpaired) electrons. The molecular formula is C25H35BrF2N2O3. The first-order valence-electron chi connectivity index (χ1n) is 11.6. The van der Waals surface area contributed by atoms with Crippen LogP contribution < -0.4 is 21.5 Å². The van der Waals surface area contributed by atoms with E-state index in [0.717, 1.165) is 18.7 Å². The van der Waals surface area contributed by atoms with Gasteiger partial charge in [0.05, 0.1) is 0 Å². The van der Waals surface area contributed by atoms with E-state index in [1.807, 2.05) is 23.9 Å². The Balaban J connectivity index is 0.00000385. The Hall–Kier alpha value is -1.80. The average Bonchev–Trinajstić information content (AvgIpc) is 3.14. The topological polar surface area (TPSA) is 55.3 Å². The maximum Gasteiger partial charge on any atom is 0.343 e. The van der Waals surface area contributed by atoms with Crippen LogP contribution in [0.5, 0.6) is 0 Å². The lowest BCUT2D eigenvalue weighted by molar-refractivity contribution is -0.703. The SMILES string of the molecule is CCC(CC)n1cc[n+](CCOC(=O)[C@](O)(c2ccccc2)[C@H]2CCCC(F)(F)C2)c1C.[Br-]. The molecule has 33 heavy (non-hydrogen) atoms. The van der Waals surface area contributed by atoms with E-state index in [1.165, 1.54) is 0 Å². The highest BCUT2D eigenvalue weighted by molar-refractivity contribution is 5.81. The number of aromatic nitrogens is 2. The van der Waals surface area contributed by atoms with Crippen LogP contribution in [0.15, 0.2) is 42.7 Å². The van der Waals surface area contributed by atoms with Crippen molar-refractivity contribution in [2.75, 3.05) is 6.61 Å². The number of hydrogen-bond donors (Lipinski definition) is 1. The van der Waals surface area contributed by atoms with Gasteiger partial charge in [0.1, 0.15) is 31.6 Å². The van der Waals surface area contributed by atoms with Gasteiger partial charge in [-0.3, -0.25) is 0 Å². The molecule has 0 amide bonds. The molecule has 1 aromatic carbocycles. The molecular weight excluding hydrogens is 494 g/mol. The van der Waals surface area contributed by atoms with Gasteiger partial charge in [0.25, 0.3) is 5.82 Å². The number of rotatable bonds is 9. The average molecular weight is 529 g/mol. The molecule has 0 spiro atoms. The van der Waals surface area contributed by atoms with E-state index in [4.69, 9.17) is 4.74 Å². The van der Waals surface area contributed by atoms with Crippen molar-refractivity contribution in [2.24, 2.45) is 5.92 Å². The van der Waals surface area contributed by atoms with Crippen molar-refractivity contribution in [1.29, 1.82) is 0 Å². The summed E-state index contributed by atoms with van der Waals surface area (Å²) in [5, 5.41) is 11.5. The first kappa shape index (κ1) is 27.4. The Kier molecular flexibility index (Phi) is 9.61. The summed E-state index contributed by atoms with van der Waals surface area (Å²) in [7, 11) is 0. The monoisotopic (exact) mass is 528 g/mol. The number of benzene rings is 1. The van der Waals surface area contributed by atoms with Crippen LogP contribution in [0.25, 0.3) is 0 Å². The van der Waals surface area contributed by atoms with Crippen LogP contribution in [0, 0.1) is 12.8 Å². The van der Waals surface area contributed by atoms with E-state index in [0.29, 0.717) is 24.6 Å². The van der Waals surface area contributed by atoms with Crippen LogP contribution >= 0.6 is 0 Å². The maximum atomic E-state index is 14.1. The number of aliphatic hydroxyl groups is 1. The Labute approximate surface area is 205 Å². The molecule has 0 aliphatic heterocycles. The summed E-state index contributed by atoms with van der Waals surface area (Å²) in [6.07, 6.45) is 5.90. The maximum absolute atomic E-state index is 14.1. The largest absolute Gasteiger partial charge is 1.00 e. The second-order valence-corrected chi connectivity index (χ2v) is 8.83. The van der Waals surface area contributed by atoms with Gasteiger partial charge in [0.15, 0.2) is 5.60 Å². The van der Waals surface area contributed by atoms with Crippen LogP contribution in [0.4, 0.5) is 8.78 Å². The summed E-state index contributed by atoms with van der Waals surface area (Å²) in [6.45, 7) is 6.80. The summed E-state index contributed by atoms with van der Waals surface area (Å²) in [5.74, 6) is -3.59. The normalized spacial score (nSPS) is 19.5. The minimum Gasteiger partial charge on any atom is -1.00 e. The molecule has 0 saturated heterocycles. The number of carbonyl (C=O) groups excluding carboxylic acids is 1. The lowest BCUT2D eigenvalue weighted by atomic mass is 9.72. The molecule has 1 N–H and O–H groups in total. The zero-order valence-corrected chi connectivity index (χ0v) is 21.2. The van der Waals surface area contributed by atoms with Crippen LogP contribution in [0.2, 0.25) is 0 Å². The summed E-state index contributed by atoms with van der Waals surface area (Å²) in [5.41, 5.74) is -1.79. The van der Waals surface area contributed by atoms with Gasteiger partial charge < -0.3 is 26.8 Å². The lowest BCUT2D eigenvalue weighted by Crippen LogP contribution is -3.00. The predicted molar refractivity (Wildman–Crippen MR) is 117 cm³/mol. The molecule has 5 nitrogen and oxygen atoms in total. The molecule has 1 fully saturated rings. The highest BCUT2D eigenvalue weighted by atomic mass is 79.9. The summed E-state index contributed by atoms with van der Waals surface area (Å²) in [6, 6.07) is 8.75. The molecule has 1 saturated carbocycles. The molecule has 1 heterocycles. The van der Waals surface area contributed by atoms with Crippen LogP contribution in [-0.4, -0.2) is 28.2 Å². The van der Waals surface area contributed by atoms with Crippen molar-refractivity contribution in [1.82, 2.24) is 4.57 Å². The van der Waals surface area contributed by atoms with Crippen molar-refractivity contribution in [3.63, 3.8) is 0 Å². The molecule has 184 valence electrons. The van der Waals surface area contributed by atoms with Crippen molar-refractivity contribution in [2.45, 2.75) is 83.4 Å². The quantitative estimate of drug-likeness (QED) is 0.398. The zero-order chi connectivity index (χ0) is 23.4. The van der Waals surface area contributed by atoms with Crippen molar-refractivity contribution >= 4 is 5.97 Å². The van der Waals surface area contributed by atoms with E-state index in [-0.39, 0.29) is 36.4 Å². The Morgan fingerprint density at radius 3 is 2.58 bits per heavy atom. The first-order valence-corrected chi connectivity index (χ1v) is 11.6. The molecule has 1 aliphatic rings. The van der Waals surface area contributed by atoms with Gasteiger partial charge in [-0.15, -0.1) is 0 Å². The third kappa shape index (κ3) is 6.01. The van der Waals surface area contributed by atoms with Gasteiger partial charge >= 0.3 is 5.97 Å². The summed E-state index contributed by atoms with van der Waals surface area (Å²) < 4.78 is 38.0. The Morgan fingerprint density at radius 1 is 1.30 bits per heavy atom. The molecule has 0 bridgehead atoms. The number of alkyl halides is 2. The number of halogens is 3. The van der Waals surface area contributed by atoms with Gasteiger partial charge in [-0.25, -0.2) is 22.7 Å². The van der Waals surface area contributed by atoms with E-state index >= 15 is 0 Å². The molecule has 8 heteroatoms. The van der Waals surface area contributed by atoms with Crippen LogP contribution in [0.1, 0.15) is 69.8 Å². The van der Waals surface area contributed by atoms with Crippen molar-refractivity contribution < 1.29 is 45.0 Å². The number of imidazole rings is 1. The fraction of sp³-hybridized carbons (Fsp3) is 0.600. The number of hydrogen-bond acceptors (Lipinski definition) is 3. The van der Waals surface area contributed by atoms with Crippen molar-refractivity contribution in [3.8, 4) is 0 Å². The fourth-order valence-corrected chi connectivity index (χ4v) is 4.91. The van der Waals surface area contributed by atoms with E-state index in [9.17, 15) is 18.7 Å². The van der Waals surface area contributed by atoms with Gasteiger partial charge in [0.2, 0.25) is 5.92 Å². The molecule has 1 aromatic heterocycles. The summed E-state index contributed by atoms with van der Waals surface area (Å²) >= 11 is 0. The van der Waals surface area contributed by atoms with Gasteiger partial charge in [0, 0.05) is 25.7 Å². The zero-order valence-electron chi connectivity index (χ0n) is 19.6. The van der Waals surface area contributed by atoms with Crippen molar-refractivity contribution in [3.05, 3.63) is 54.1 Å². The minimum atomic E-state index is -2.89. The van der Waals surface area contributed by atoms with Gasteiger partial charge in [-0.1, -0.05) is 44.2 Å². The van der Waals surface area contributed by atoms with Crippen LogP contribution in [-0.2, 0) is 21.7 Å². The fourth-order valence-electron chi connectivity index (χ4n) is 4.91. The van der Waals surface area contributed by atoms with E-state index in [1.54, 1.807) is 30.3 Å². The first-order chi connectivity index (χ1) is 15.2. The number of nitrogens with zero attached hydrogens (tertiary/aromatic N) is 2. The standard InChI is InChI=1S/C25H35F2N2O3.BrH/c1-4-22(5-2)29-15-14-28(19(29)3)16-17-32-23(30)25(31,20-10-7-6-8-11-20)21-12-9-13-24(26,27)18-21;/h6-8,10-11,14-15,21-22,31H,4-5,9,12-13,16-18H2,1-3H3;1H/q+1;/p-1/t21-,25-;/m0./s1. The molecule has 0 unspecified atom stereocenters. The van der Waals surface area contributed by atoms with Gasteiger partial charge in [-0.05, 0) is 31.2 Å². The van der Waals surface area contributed by atoms with Crippen LogP contribution in [0.3, 0.4) is 0 Å². The highest BCUT2D eigenvalue weighted by Gasteiger charge is 2.52. The minimum absolute atomic E-state index is 0. The molecule has 1 aliphatic carbocycles. The smallest absolute Gasteiger partial charge is 0.343 e. The Morgan fingerprint density at radius 2 is 1.97 bits per heavy atom. The molecule has 2 atom stereocenters. The predicted octanol–water partition coefficient (Wildman–Crippen LogP) is 1.71. The second kappa shape index (κ2) is 11.6. The lowest BCUT2D eigenvalue weighted by Gasteiger charge is -2.39. The number of esters is 1. The highest BCUT2D eigenvalue weighted by Crippen LogP contribution is 2.45. The molecule has 3 rings (SSSR count). The summed E-state index contributed by atoms with van der Waals surface area (Å²) in [4.78, 5) is 13.1. The Bertz CT molecular complexity index is 902. The molecule has 2 aromatic rings. The van der Waals surface area contributed by atoms with E-state index < -0.39 is 29.8 Å².